The molecule has 8 nitrogen and oxygen atoms in total. The average Bonchev–Trinajstić information content (AvgIpc) is 2.28. The smallest absolute Gasteiger partial charge is 0.790 e. The average molecular weight is 274 g/mol. The van der Waals surface area contributed by atoms with Crippen LogP contribution in [0.25, 0.3) is 0 Å². The van der Waals surface area contributed by atoms with E-state index in [-0.39, 0.29) is 59.1 Å². The Morgan fingerprint density at radius 2 is 1.69 bits per heavy atom. The topological polar surface area (TPSA) is 142 Å². The summed E-state index contributed by atoms with van der Waals surface area (Å²) in [5.41, 5.74) is 0. The number of hydrogen-bond donors (Lipinski definition) is 3. The SMILES string of the molecule is O=P([O-])([O-])OC[C@H]1O[C@@H](O)[C@H](O)[C@@H]1O.[Na+].[Na+]. The van der Waals surface area contributed by atoms with Crippen LogP contribution in [0.15, 0.2) is 0 Å². The molecule has 1 rings (SSSR count). The second kappa shape index (κ2) is 8.19. The van der Waals surface area contributed by atoms with Gasteiger partial charge in [-0.05, 0) is 0 Å². The van der Waals surface area contributed by atoms with Crippen molar-refractivity contribution in [3.63, 3.8) is 0 Å². The molecule has 16 heavy (non-hydrogen) atoms. The van der Waals surface area contributed by atoms with E-state index in [4.69, 9.17) is 15.3 Å². The van der Waals surface area contributed by atoms with Crippen LogP contribution in [0.1, 0.15) is 0 Å². The van der Waals surface area contributed by atoms with Gasteiger partial charge in [-0.15, -0.1) is 0 Å². The first-order valence-corrected chi connectivity index (χ1v) is 5.13. The first kappa shape index (κ1) is 20.3. The Morgan fingerprint density at radius 3 is 2.00 bits per heavy atom. The van der Waals surface area contributed by atoms with Crippen molar-refractivity contribution in [3.05, 3.63) is 0 Å². The normalized spacial score (nSPS) is 34.1. The standard InChI is InChI=1S/C5H11O8P.2Na/c6-3-2(1-12-14(9,10)11)13-5(8)4(3)7;;/h2-8H,1H2,(H2,9,10,11);;/q;2*+1/p-2/t2-,3-,4-,5-;;/m1../s1. The van der Waals surface area contributed by atoms with E-state index in [1.54, 1.807) is 0 Å². The van der Waals surface area contributed by atoms with E-state index >= 15 is 0 Å². The molecule has 0 radical (unpaired) electrons. The van der Waals surface area contributed by atoms with Gasteiger partial charge in [0.15, 0.2) is 6.29 Å². The first-order chi connectivity index (χ1) is 6.31. The maximum absolute atomic E-state index is 10.0. The van der Waals surface area contributed by atoms with Crippen molar-refractivity contribution >= 4 is 7.82 Å². The van der Waals surface area contributed by atoms with E-state index < -0.39 is 39.0 Å². The predicted octanol–water partition coefficient (Wildman–Crippen LogP) is -9.72. The zero-order valence-electron chi connectivity index (χ0n) is 8.85. The van der Waals surface area contributed by atoms with Gasteiger partial charge < -0.3 is 38.9 Å². The molecule has 0 spiro atoms. The number of rotatable bonds is 3. The largest absolute Gasteiger partial charge is 1.00 e. The molecule has 1 aliphatic rings. The van der Waals surface area contributed by atoms with Gasteiger partial charge in [0.1, 0.15) is 18.3 Å². The zero-order valence-corrected chi connectivity index (χ0v) is 13.7. The third-order valence-corrected chi connectivity index (χ3v) is 2.20. The van der Waals surface area contributed by atoms with Gasteiger partial charge in [0, 0.05) is 0 Å². The van der Waals surface area contributed by atoms with E-state index in [9.17, 15) is 14.4 Å². The van der Waals surface area contributed by atoms with Crippen LogP contribution in [-0.4, -0.2) is 46.5 Å². The fourth-order valence-corrected chi connectivity index (χ4v) is 1.36. The van der Waals surface area contributed by atoms with Crippen molar-refractivity contribution in [3.8, 4) is 0 Å². The molecule has 0 aromatic heterocycles. The number of hydrogen-bond acceptors (Lipinski definition) is 8. The van der Waals surface area contributed by atoms with E-state index in [1.807, 2.05) is 0 Å². The van der Waals surface area contributed by atoms with Gasteiger partial charge >= 0.3 is 59.1 Å². The van der Waals surface area contributed by atoms with Gasteiger partial charge in [0.25, 0.3) is 0 Å². The maximum Gasteiger partial charge on any atom is 1.00 e. The van der Waals surface area contributed by atoms with Crippen molar-refractivity contribution in [2.24, 2.45) is 0 Å². The van der Waals surface area contributed by atoms with Crippen LogP contribution in [0.4, 0.5) is 0 Å². The third kappa shape index (κ3) is 6.21. The zero-order chi connectivity index (χ0) is 10.9. The molecule has 0 aromatic carbocycles. The minimum Gasteiger partial charge on any atom is -0.790 e. The number of phosphoric ester groups is 1. The minimum atomic E-state index is -5.14. The second-order valence-corrected chi connectivity index (χ2v) is 3.94. The fraction of sp³-hybridized carbons (Fsp3) is 1.00. The minimum absolute atomic E-state index is 0. The monoisotopic (exact) mass is 274 g/mol. The Hall–Kier alpha value is 1.95. The molecule has 3 N–H and O–H groups in total. The Labute approximate surface area is 136 Å². The fourth-order valence-electron chi connectivity index (χ4n) is 1.03. The molecule has 84 valence electrons. The van der Waals surface area contributed by atoms with Gasteiger partial charge in [-0.1, -0.05) is 0 Å². The van der Waals surface area contributed by atoms with Crippen molar-refractivity contribution in [1.29, 1.82) is 0 Å². The quantitative estimate of drug-likeness (QED) is 0.340. The molecule has 1 fully saturated rings. The number of aliphatic hydroxyl groups excluding tert-OH is 3. The van der Waals surface area contributed by atoms with E-state index in [2.05, 4.69) is 9.26 Å². The Balaban J connectivity index is 0. The molecule has 1 saturated heterocycles. The molecular formula is C5H9Na2O8P. The summed E-state index contributed by atoms with van der Waals surface area (Å²) in [4.78, 5) is 20.1. The van der Waals surface area contributed by atoms with Gasteiger partial charge in [-0.3, -0.25) is 0 Å². The van der Waals surface area contributed by atoms with Crippen molar-refractivity contribution in [1.82, 2.24) is 0 Å². The number of aliphatic hydroxyl groups is 3. The van der Waals surface area contributed by atoms with Crippen molar-refractivity contribution in [2.75, 3.05) is 6.61 Å². The molecule has 0 aromatic rings. The van der Waals surface area contributed by atoms with Gasteiger partial charge in [0.05, 0.1) is 14.4 Å². The molecule has 0 saturated carbocycles. The van der Waals surface area contributed by atoms with Gasteiger partial charge in [-0.2, -0.15) is 0 Å². The second-order valence-electron chi connectivity index (χ2n) is 2.79. The Kier molecular flexibility index (Phi) is 10.4. The molecule has 4 atom stereocenters. The molecule has 0 aliphatic carbocycles. The van der Waals surface area contributed by atoms with E-state index in [0.717, 1.165) is 0 Å². The first-order valence-electron chi connectivity index (χ1n) is 3.67. The van der Waals surface area contributed by atoms with Crippen LogP contribution >= 0.6 is 7.82 Å². The summed E-state index contributed by atoms with van der Waals surface area (Å²) >= 11 is 0. The molecule has 11 heteroatoms. The summed E-state index contributed by atoms with van der Waals surface area (Å²) in [6.45, 7) is -0.737. The summed E-state index contributed by atoms with van der Waals surface area (Å²) in [7, 11) is -5.14. The molecule has 0 bridgehead atoms. The Bertz CT molecular complexity index is 247. The van der Waals surface area contributed by atoms with Crippen molar-refractivity contribution < 1.29 is 98.0 Å². The van der Waals surface area contributed by atoms with Crippen LogP contribution < -0.4 is 68.9 Å². The summed E-state index contributed by atoms with van der Waals surface area (Å²) in [6, 6.07) is 0. The van der Waals surface area contributed by atoms with Crippen molar-refractivity contribution in [2.45, 2.75) is 24.6 Å². The van der Waals surface area contributed by atoms with Crippen LogP contribution in [0.5, 0.6) is 0 Å². The summed E-state index contributed by atoms with van der Waals surface area (Å²) in [5, 5.41) is 26.9. The molecule has 1 heterocycles. The maximum atomic E-state index is 10.0. The van der Waals surface area contributed by atoms with Crippen LogP contribution in [-0.2, 0) is 13.8 Å². The molecule has 0 amide bonds. The molecular weight excluding hydrogens is 265 g/mol. The number of phosphoric acid groups is 1. The summed E-state index contributed by atoms with van der Waals surface area (Å²) in [6.07, 6.45) is -5.88. The third-order valence-electron chi connectivity index (χ3n) is 1.73. The molecule has 0 unspecified atom stereocenters. The van der Waals surface area contributed by atoms with Crippen LogP contribution in [0, 0.1) is 0 Å². The molecule has 1 aliphatic heterocycles. The van der Waals surface area contributed by atoms with Crippen LogP contribution in [0.3, 0.4) is 0 Å². The summed E-state index contributed by atoms with van der Waals surface area (Å²) < 4.78 is 18.4. The van der Waals surface area contributed by atoms with E-state index in [0.29, 0.717) is 0 Å². The van der Waals surface area contributed by atoms with E-state index in [1.165, 1.54) is 0 Å². The van der Waals surface area contributed by atoms with Gasteiger partial charge in [-0.25, -0.2) is 0 Å². The van der Waals surface area contributed by atoms with Crippen LogP contribution in [0.2, 0.25) is 0 Å². The van der Waals surface area contributed by atoms with Gasteiger partial charge in [0.2, 0.25) is 0 Å². The Morgan fingerprint density at radius 1 is 1.19 bits per heavy atom. The summed E-state index contributed by atoms with van der Waals surface area (Å²) in [5.74, 6) is 0. The predicted molar refractivity (Wildman–Crippen MR) is 36.5 cm³/mol. The number of ether oxygens (including phenoxy) is 1.